The normalized spacial score (nSPS) is 11.1. The van der Waals surface area contributed by atoms with Crippen molar-refractivity contribution < 1.29 is 9.31 Å². The van der Waals surface area contributed by atoms with Crippen LogP contribution in [-0.2, 0) is 6.54 Å². The van der Waals surface area contributed by atoms with Gasteiger partial charge in [0.1, 0.15) is 5.82 Å². The van der Waals surface area contributed by atoms with Gasteiger partial charge in [-0.25, -0.2) is 14.1 Å². The summed E-state index contributed by atoms with van der Waals surface area (Å²) < 4.78 is 15.7. The highest BCUT2D eigenvalue weighted by molar-refractivity contribution is 5.91. The second-order valence-corrected chi connectivity index (χ2v) is 6.19. The van der Waals surface area contributed by atoms with Crippen molar-refractivity contribution in [3.63, 3.8) is 0 Å². The first-order chi connectivity index (χ1) is 13.4. The Balaban J connectivity index is 1.79. The maximum atomic E-state index is 14.3. The van der Waals surface area contributed by atoms with Gasteiger partial charge in [-0.05, 0) is 25.1 Å². The molecule has 0 unspecified atom stereocenters. The van der Waals surface area contributed by atoms with Crippen LogP contribution in [0.5, 0.6) is 0 Å². The smallest absolute Gasteiger partial charge is 0.272 e. The van der Waals surface area contributed by atoms with E-state index in [4.69, 9.17) is 5.73 Å². The molecule has 0 spiro atoms. The van der Waals surface area contributed by atoms with E-state index in [2.05, 4.69) is 20.1 Å². The molecule has 4 rings (SSSR count). The number of fused-ring (bicyclic) bond motifs is 1. The number of nitrogens with zero attached hydrogens (tertiary/aromatic N) is 6. The Kier molecular flexibility index (Phi) is 4.15. The molecule has 3 heterocycles. The minimum atomic E-state index is -0.690. The zero-order valence-electron chi connectivity index (χ0n) is 14.7. The SMILES string of the molecule is Cc1cc(-c2nc(N)nc3c2cnn3Cc2ccc([N+](=O)[O-])cc2F)ccn1. The van der Waals surface area contributed by atoms with Crippen molar-refractivity contribution in [3.8, 4) is 11.3 Å². The highest BCUT2D eigenvalue weighted by atomic mass is 19.1. The number of hydrogen-bond donors (Lipinski definition) is 1. The van der Waals surface area contributed by atoms with E-state index in [-0.39, 0.29) is 23.7 Å². The zero-order chi connectivity index (χ0) is 19.8. The molecule has 0 fully saturated rings. The Bertz CT molecular complexity index is 1220. The summed E-state index contributed by atoms with van der Waals surface area (Å²) in [7, 11) is 0. The number of nitrogens with two attached hydrogens (primary N) is 1. The van der Waals surface area contributed by atoms with Crippen molar-refractivity contribution in [1.29, 1.82) is 0 Å². The number of pyridine rings is 1. The van der Waals surface area contributed by atoms with Gasteiger partial charge >= 0.3 is 0 Å². The Labute approximate surface area is 157 Å². The van der Waals surface area contributed by atoms with Crippen LogP contribution in [0.3, 0.4) is 0 Å². The number of aryl methyl sites for hydroxylation is 1. The maximum absolute atomic E-state index is 14.3. The van der Waals surface area contributed by atoms with Crippen molar-refractivity contribution in [2.45, 2.75) is 13.5 Å². The molecule has 3 aromatic heterocycles. The van der Waals surface area contributed by atoms with E-state index < -0.39 is 10.7 Å². The Morgan fingerprint density at radius 2 is 2.07 bits per heavy atom. The minimum absolute atomic E-state index is 0.0403. The van der Waals surface area contributed by atoms with Crippen LogP contribution in [-0.4, -0.2) is 29.7 Å². The average molecular weight is 379 g/mol. The number of nitrogen functional groups attached to an aromatic ring is 1. The number of non-ortho nitro benzene ring substituents is 1. The number of nitro benzene ring substituents is 1. The molecule has 0 radical (unpaired) electrons. The molecule has 0 amide bonds. The van der Waals surface area contributed by atoms with Crippen LogP contribution in [0.4, 0.5) is 16.0 Å². The highest BCUT2D eigenvalue weighted by Crippen LogP contribution is 2.27. The molecular weight excluding hydrogens is 365 g/mol. The summed E-state index contributed by atoms with van der Waals surface area (Å²) in [5.74, 6) is -0.632. The molecule has 28 heavy (non-hydrogen) atoms. The number of halogens is 1. The highest BCUT2D eigenvalue weighted by Gasteiger charge is 2.16. The van der Waals surface area contributed by atoms with E-state index in [9.17, 15) is 14.5 Å². The van der Waals surface area contributed by atoms with Crippen molar-refractivity contribution in [2.75, 3.05) is 5.73 Å². The maximum Gasteiger partial charge on any atom is 0.272 e. The predicted octanol–water partition coefficient (Wildman–Crippen LogP) is 2.87. The van der Waals surface area contributed by atoms with Crippen LogP contribution in [0, 0.1) is 22.9 Å². The monoisotopic (exact) mass is 379 g/mol. The summed E-state index contributed by atoms with van der Waals surface area (Å²) in [6.07, 6.45) is 3.26. The predicted molar refractivity (Wildman–Crippen MR) is 99.9 cm³/mol. The third-order valence-electron chi connectivity index (χ3n) is 4.25. The average Bonchev–Trinajstić information content (AvgIpc) is 3.05. The third kappa shape index (κ3) is 3.11. The van der Waals surface area contributed by atoms with Crippen LogP contribution >= 0.6 is 0 Å². The molecule has 9 nitrogen and oxygen atoms in total. The third-order valence-corrected chi connectivity index (χ3v) is 4.25. The van der Waals surface area contributed by atoms with E-state index in [1.807, 2.05) is 19.1 Å². The second kappa shape index (κ2) is 6.65. The van der Waals surface area contributed by atoms with Gasteiger partial charge in [-0.1, -0.05) is 0 Å². The number of benzene rings is 1. The number of hydrogen-bond acceptors (Lipinski definition) is 7. The lowest BCUT2D eigenvalue weighted by atomic mass is 10.1. The standard InChI is InChI=1S/C18H14FN7O2/c1-10-6-11(4-5-21-10)16-14-8-22-25(17(14)24-18(20)23-16)9-12-2-3-13(26(27)28)7-15(12)19/h2-8H,9H2,1H3,(H2,20,23,24). The van der Waals surface area contributed by atoms with E-state index in [1.165, 1.54) is 16.8 Å². The summed E-state index contributed by atoms with van der Waals surface area (Å²) >= 11 is 0. The van der Waals surface area contributed by atoms with Crippen molar-refractivity contribution in [3.05, 3.63) is 69.9 Å². The second-order valence-electron chi connectivity index (χ2n) is 6.19. The van der Waals surface area contributed by atoms with Gasteiger partial charge in [0.15, 0.2) is 5.65 Å². The molecule has 10 heteroatoms. The Hall–Kier alpha value is -3.95. The van der Waals surface area contributed by atoms with E-state index in [1.54, 1.807) is 12.4 Å². The quantitative estimate of drug-likeness (QED) is 0.427. The van der Waals surface area contributed by atoms with Crippen molar-refractivity contribution in [1.82, 2.24) is 24.7 Å². The topological polar surface area (TPSA) is 126 Å². The van der Waals surface area contributed by atoms with Crippen molar-refractivity contribution >= 4 is 22.7 Å². The number of nitro groups is 1. The lowest BCUT2D eigenvalue weighted by Gasteiger charge is -2.07. The molecule has 2 N–H and O–H groups in total. The fourth-order valence-corrected chi connectivity index (χ4v) is 2.94. The Morgan fingerprint density at radius 1 is 1.25 bits per heavy atom. The fraction of sp³-hybridized carbons (Fsp3) is 0.111. The van der Waals surface area contributed by atoms with Crippen molar-refractivity contribution in [2.24, 2.45) is 0 Å². The number of anilines is 1. The van der Waals surface area contributed by atoms with Gasteiger partial charge < -0.3 is 5.73 Å². The molecule has 0 aliphatic carbocycles. The van der Waals surface area contributed by atoms with Crippen LogP contribution in [0.15, 0.2) is 42.7 Å². The van der Waals surface area contributed by atoms with E-state index in [0.29, 0.717) is 16.7 Å². The molecule has 0 saturated carbocycles. The summed E-state index contributed by atoms with van der Waals surface area (Å²) in [5, 5.41) is 15.7. The van der Waals surface area contributed by atoms with Gasteiger partial charge in [-0.15, -0.1) is 0 Å². The number of rotatable bonds is 4. The van der Waals surface area contributed by atoms with E-state index in [0.717, 1.165) is 17.3 Å². The summed E-state index contributed by atoms with van der Waals surface area (Å²) in [6.45, 7) is 1.91. The summed E-state index contributed by atoms with van der Waals surface area (Å²) in [6, 6.07) is 7.17. The van der Waals surface area contributed by atoms with Crippen LogP contribution in [0.2, 0.25) is 0 Å². The molecule has 0 atom stereocenters. The lowest BCUT2D eigenvalue weighted by Crippen LogP contribution is -2.06. The summed E-state index contributed by atoms with van der Waals surface area (Å²) in [4.78, 5) is 22.9. The molecule has 140 valence electrons. The molecule has 0 aliphatic rings. The molecule has 0 bridgehead atoms. The number of aromatic nitrogens is 5. The molecular formula is C18H14FN7O2. The largest absolute Gasteiger partial charge is 0.368 e. The lowest BCUT2D eigenvalue weighted by molar-refractivity contribution is -0.385. The van der Waals surface area contributed by atoms with Gasteiger partial charge in [0.05, 0.1) is 34.8 Å². The van der Waals surface area contributed by atoms with Crippen LogP contribution in [0.25, 0.3) is 22.3 Å². The Morgan fingerprint density at radius 3 is 2.79 bits per heavy atom. The minimum Gasteiger partial charge on any atom is -0.368 e. The van der Waals surface area contributed by atoms with Crippen LogP contribution < -0.4 is 5.73 Å². The van der Waals surface area contributed by atoms with E-state index >= 15 is 0 Å². The first-order valence-corrected chi connectivity index (χ1v) is 8.27. The molecule has 1 aromatic carbocycles. The molecule has 0 aliphatic heterocycles. The van der Waals surface area contributed by atoms with Gasteiger partial charge in [-0.3, -0.25) is 15.1 Å². The first kappa shape index (κ1) is 17.5. The van der Waals surface area contributed by atoms with Gasteiger partial charge in [0.2, 0.25) is 5.95 Å². The van der Waals surface area contributed by atoms with Gasteiger partial charge in [0, 0.05) is 29.1 Å². The van der Waals surface area contributed by atoms with Gasteiger partial charge in [-0.2, -0.15) is 10.1 Å². The van der Waals surface area contributed by atoms with Crippen LogP contribution in [0.1, 0.15) is 11.3 Å². The first-order valence-electron chi connectivity index (χ1n) is 8.27. The van der Waals surface area contributed by atoms with Gasteiger partial charge in [0.25, 0.3) is 5.69 Å². The zero-order valence-corrected chi connectivity index (χ0v) is 14.7. The molecule has 4 aromatic rings. The molecule has 0 saturated heterocycles. The summed E-state index contributed by atoms with van der Waals surface area (Å²) in [5.41, 5.74) is 8.48. The fourth-order valence-electron chi connectivity index (χ4n) is 2.94.